The lowest BCUT2D eigenvalue weighted by Crippen LogP contribution is -2.25. The Kier molecular flexibility index (Phi) is 3.67. The quantitative estimate of drug-likeness (QED) is 0.588. The fourth-order valence-electron chi connectivity index (χ4n) is 1.62. The standard InChI is InChI=1S/C9H17ClO/c1-7(8(2)10)9-3-5-11-6-4-9/h7-9H,3-6H2,1-2H3. The highest BCUT2D eigenvalue weighted by Crippen LogP contribution is 2.27. The van der Waals surface area contributed by atoms with E-state index in [2.05, 4.69) is 13.8 Å². The summed E-state index contributed by atoms with van der Waals surface area (Å²) in [5.74, 6) is 1.43. The van der Waals surface area contributed by atoms with Gasteiger partial charge in [0.25, 0.3) is 0 Å². The van der Waals surface area contributed by atoms with E-state index in [1.54, 1.807) is 0 Å². The smallest absolute Gasteiger partial charge is 0.0468 e. The van der Waals surface area contributed by atoms with Gasteiger partial charge in [0, 0.05) is 18.6 Å². The summed E-state index contributed by atoms with van der Waals surface area (Å²) in [6.45, 7) is 6.19. The van der Waals surface area contributed by atoms with Gasteiger partial charge in [0.05, 0.1) is 0 Å². The molecular weight excluding hydrogens is 160 g/mol. The molecule has 0 bridgehead atoms. The molecule has 2 heteroatoms. The number of hydrogen-bond donors (Lipinski definition) is 0. The Labute approximate surface area is 74.1 Å². The normalized spacial score (nSPS) is 26.5. The second-order valence-electron chi connectivity index (χ2n) is 3.49. The number of rotatable bonds is 2. The van der Waals surface area contributed by atoms with Crippen LogP contribution in [0.3, 0.4) is 0 Å². The van der Waals surface area contributed by atoms with Gasteiger partial charge in [-0.05, 0) is 31.6 Å². The van der Waals surface area contributed by atoms with Gasteiger partial charge in [0.2, 0.25) is 0 Å². The van der Waals surface area contributed by atoms with Gasteiger partial charge < -0.3 is 4.74 Å². The number of halogens is 1. The van der Waals surface area contributed by atoms with Crippen LogP contribution in [0.2, 0.25) is 0 Å². The predicted molar refractivity (Wildman–Crippen MR) is 48.0 cm³/mol. The third-order valence-electron chi connectivity index (χ3n) is 2.73. The molecule has 0 saturated carbocycles. The van der Waals surface area contributed by atoms with E-state index >= 15 is 0 Å². The monoisotopic (exact) mass is 176 g/mol. The van der Waals surface area contributed by atoms with Crippen LogP contribution in [0.1, 0.15) is 26.7 Å². The zero-order valence-electron chi connectivity index (χ0n) is 7.35. The lowest BCUT2D eigenvalue weighted by Gasteiger charge is -2.29. The van der Waals surface area contributed by atoms with Gasteiger partial charge in [0.15, 0.2) is 0 Å². The first-order valence-corrected chi connectivity index (χ1v) is 4.87. The van der Waals surface area contributed by atoms with Crippen molar-refractivity contribution in [3.63, 3.8) is 0 Å². The molecule has 1 aliphatic heterocycles. The van der Waals surface area contributed by atoms with E-state index < -0.39 is 0 Å². The van der Waals surface area contributed by atoms with Crippen molar-refractivity contribution in [2.24, 2.45) is 11.8 Å². The Morgan fingerprint density at radius 3 is 2.27 bits per heavy atom. The molecule has 1 nitrogen and oxygen atoms in total. The van der Waals surface area contributed by atoms with Gasteiger partial charge in [-0.15, -0.1) is 11.6 Å². The molecule has 0 aromatic rings. The van der Waals surface area contributed by atoms with Gasteiger partial charge in [-0.25, -0.2) is 0 Å². The molecule has 66 valence electrons. The Hall–Kier alpha value is 0.250. The molecule has 11 heavy (non-hydrogen) atoms. The summed E-state index contributed by atoms with van der Waals surface area (Å²) in [5, 5.41) is 0.304. The maximum atomic E-state index is 6.02. The molecule has 0 aliphatic carbocycles. The van der Waals surface area contributed by atoms with E-state index in [0.717, 1.165) is 19.1 Å². The summed E-state index contributed by atoms with van der Waals surface area (Å²) in [6, 6.07) is 0. The number of hydrogen-bond acceptors (Lipinski definition) is 1. The first kappa shape index (κ1) is 9.34. The Balaban J connectivity index is 2.32. The molecule has 1 heterocycles. The van der Waals surface area contributed by atoms with E-state index in [-0.39, 0.29) is 0 Å². The maximum Gasteiger partial charge on any atom is 0.0468 e. The number of alkyl halides is 1. The van der Waals surface area contributed by atoms with Crippen molar-refractivity contribution in [2.75, 3.05) is 13.2 Å². The molecular formula is C9H17ClO. The summed E-state index contributed by atoms with van der Waals surface area (Å²) >= 11 is 6.02. The van der Waals surface area contributed by atoms with Crippen LogP contribution in [-0.2, 0) is 4.74 Å². The highest BCUT2D eigenvalue weighted by atomic mass is 35.5. The second-order valence-corrected chi connectivity index (χ2v) is 4.17. The van der Waals surface area contributed by atoms with Crippen molar-refractivity contribution in [1.82, 2.24) is 0 Å². The minimum absolute atomic E-state index is 0.304. The fourth-order valence-corrected chi connectivity index (χ4v) is 1.82. The summed E-state index contributed by atoms with van der Waals surface area (Å²) < 4.78 is 5.29. The maximum absolute atomic E-state index is 6.02. The average molecular weight is 177 g/mol. The van der Waals surface area contributed by atoms with Gasteiger partial charge in [0.1, 0.15) is 0 Å². The molecule has 2 atom stereocenters. The third-order valence-corrected chi connectivity index (χ3v) is 3.13. The molecule has 0 radical (unpaired) electrons. The SMILES string of the molecule is CC(Cl)C(C)C1CCOCC1. The predicted octanol–water partition coefficient (Wildman–Crippen LogP) is 2.68. The molecule has 1 aliphatic rings. The molecule has 0 aromatic carbocycles. The fraction of sp³-hybridized carbons (Fsp3) is 1.00. The van der Waals surface area contributed by atoms with Crippen molar-refractivity contribution in [2.45, 2.75) is 32.1 Å². The molecule has 1 saturated heterocycles. The highest BCUT2D eigenvalue weighted by molar-refractivity contribution is 6.20. The van der Waals surface area contributed by atoms with Crippen LogP contribution in [0, 0.1) is 11.8 Å². The van der Waals surface area contributed by atoms with Crippen molar-refractivity contribution >= 4 is 11.6 Å². The van der Waals surface area contributed by atoms with Crippen LogP contribution in [0.5, 0.6) is 0 Å². The van der Waals surface area contributed by atoms with Crippen LogP contribution >= 0.6 is 11.6 Å². The minimum Gasteiger partial charge on any atom is -0.381 e. The Bertz CT molecular complexity index is 108. The van der Waals surface area contributed by atoms with Crippen LogP contribution in [0.25, 0.3) is 0 Å². The van der Waals surface area contributed by atoms with Gasteiger partial charge in [-0.3, -0.25) is 0 Å². The molecule has 2 unspecified atom stereocenters. The molecule has 0 spiro atoms. The minimum atomic E-state index is 0.304. The summed E-state index contributed by atoms with van der Waals surface area (Å²) in [4.78, 5) is 0. The average Bonchev–Trinajstić information content (AvgIpc) is 2.05. The zero-order chi connectivity index (χ0) is 8.27. The molecule has 1 fully saturated rings. The topological polar surface area (TPSA) is 9.23 Å². The van der Waals surface area contributed by atoms with E-state index in [1.807, 2.05) is 0 Å². The van der Waals surface area contributed by atoms with E-state index in [9.17, 15) is 0 Å². The van der Waals surface area contributed by atoms with Crippen molar-refractivity contribution in [3.8, 4) is 0 Å². The molecule has 0 N–H and O–H groups in total. The van der Waals surface area contributed by atoms with Crippen LogP contribution in [0.15, 0.2) is 0 Å². The summed E-state index contributed by atoms with van der Waals surface area (Å²) in [7, 11) is 0. The van der Waals surface area contributed by atoms with Gasteiger partial charge in [-0.2, -0.15) is 0 Å². The van der Waals surface area contributed by atoms with Gasteiger partial charge in [-0.1, -0.05) is 6.92 Å². The first-order chi connectivity index (χ1) is 5.22. The Morgan fingerprint density at radius 2 is 1.82 bits per heavy atom. The lowest BCUT2D eigenvalue weighted by atomic mass is 9.85. The van der Waals surface area contributed by atoms with E-state index in [1.165, 1.54) is 12.8 Å². The van der Waals surface area contributed by atoms with Crippen molar-refractivity contribution in [1.29, 1.82) is 0 Å². The highest BCUT2D eigenvalue weighted by Gasteiger charge is 2.23. The first-order valence-electron chi connectivity index (χ1n) is 4.43. The van der Waals surface area contributed by atoms with Crippen molar-refractivity contribution in [3.05, 3.63) is 0 Å². The molecule has 1 rings (SSSR count). The lowest BCUT2D eigenvalue weighted by molar-refractivity contribution is 0.0495. The van der Waals surface area contributed by atoms with E-state index in [4.69, 9.17) is 16.3 Å². The molecule has 0 amide bonds. The third kappa shape index (κ3) is 2.64. The van der Waals surface area contributed by atoms with E-state index in [0.29, 0.717) is 11.3 Å². The largest absolute Gasteiger partial charge is 0.381 e. The van der Waals surface area contributed by atoms with Gasteiger partial charge >= 0.3 is 0 Å². The zero-order valence-corrected chi connectivity index (χ0v) is 8.10. The van der Waals surface area contributed by atoms with Crippen LogP contribution in [0.4, 0.5) is 0 Å². The van der Waals surface area contributed by atoms with Crippen LogP contribution < -0.4 is 0 Å². The number of ether oxygens (including phenoxy) is 1. The summed E-state index contributed by atoms with van der Waals surface area (Å²) in [5.41, 5.74) is 0. The molecule has 0 aromatic heterocycles. The van der Waals surface area contributed by atoms with Crippen molar-refractivity contribution < 1.29 is 4.74 Å². The van der Waals surface area contributed by atoms with Crippen LogP contribution in [-0.4, -0.2) is 18.6 Å². The second kappa shape index (κ2) is 4.32. The summed E-state index contributed by atoms with van der Waals surface area (Å²) in [6.07, 6.45) is 2.39. The Morgan fingerprint density at radius 1 is 1.27 bits per heavy atom.